The first-order valence-corrected chi connectivity index (χ1v) is 7.12. The zero-order valence-corrected chi connectivity index (χ0v) is 11.9. The second-order valence-corrected chi connectivity index (χ2v) is 5.86. The molecule has 1 rings (SSSR count). The van der Waals surface area contributed by atoms with Gasteiger partial charge in [0.15, 0.2) is 6.29 Å². The van der Waals surface area contributed by atoms with E-state index in [0.717, 1.165) is 25.4 Å². The summed E-state index contributed by atoms with van der Waals surface area (Å²) in [4.78, 5) is 22.1. The molecule has 0 aliphatic heterocycles. The van der Waals surface area contributed by atoms with Crippen molar-refractivity contribution in [2.45, 2.75) is 64.9 Å². The maximum Gasteiger partial charge on any atom is 0.153 e. The van der Waals surface area contributed by atoms with Gasteiger partial charge in [-0.05, 0) is 6.42 Å². The Labute approximate surface area is 110 Å². The molecule has 0 aromatic rings. The molecule has 1 aliphatic rings. The Bertz CT molecular complexity index is 285. The third-order valence-electron chi connectivity index (χ3n) is 4.31. The van der Waals surface area contributed by atoms with Crippen molar-refractivity contribution in [3.8, 4) is 0 Å². The van der Waals surface area contributed by atoms with Gasteiger partial charge in [0.25, 0.3) is 0 Å². The second-order valence-electron chi connectivity index (χ2n) is 5.86. The molecule has 0 bridgehead atoms. The average molecular weight is 254 g/mol. The van der Waals surface area contributed by atoms with E-state index in [0.29, 0.717) is 6.61 Å². The summed E-state index contributed by atoms with van der Waals surface area (Å²) in [5.74, 6) is -0.275. The molecular weight excluding hydrogens is 228 g/mol. The number of hydrogen-bond acceptors (Lipinski definition) is 3. The third kappa shape index (κ3) is 2.82. The molecule has 1 fully saturated rings. The minimum atomic E-state index is -0.849. The van der Waals surface area contributed by atoms with Gasteiger partial charge in [0.05, 0.1) is 5.92 Å². The lowest BCUT2D eigenvalue weighted by molar-refractivity contribution is -0.126. The van der Waals surface area contributed by atoms with Gasteiger partial charge in [-0.25, -0.2) is 0 Å². The predicted octanol–water partition coefficient (Wildman–Crippen LogP) is 3.16. The zero-order valence-electron chi connectivity index (χ0n) is 11.9. The van der Waals surface area contributed by atoms with Crippen molar-refractivity contribution in [3.05, 3.63) is 0 Å². The first kappa shape index (κ1) is 15.4. The van der Waals surface area contributed by atoms with Gasteiger partial charge in [-0.15, -0.1) is 0 Å². The van der Waals surface area contributed by atoms with Crippen LogP contribution in [0.1, 0.15) is 59.3 Å². The lowest BCUT2D eigenvalue weighted by Gasteiger charge is -2.14. The number of ether oxygens (including phenoxy) is 1. The monoisotopic (exact) mass is 254 g/mol. The fourth-order valence-electron chi connectivity index (χ4n) is 2.73. The van der Waals surface area contributed by atoms with Crippen molar-refractivity contribution >= 4 is 12.6 Å². The van der Waals surface area contributed by atoms with Crippen LogP contribution in [0.3, 0.4) is 0 Å². The maximum absolute atomic E-state index is 11.2. The fourth-order valence-corrected chi connectivity index (χ4v) is 2.73. The van der Waals surface area contributed by atoms with E-state index < -0.39 is 5.60 Å². The number of aldehydes is 2. The van der Waals surface area contributed by atoms with Crippen molar-refractivity contribution in [2.24, 2.45) is 11.3 Å². The largest absolute Gasteiger partial charge is 0.366 e. The van der Waals surface area contributed by atoms with Crippen molar-refractivity contribution in [1.29, 1.82) is 0 Å². The Hall–Kier alpha value is -0.700. The summed E-state index contributed by atoms with van der Waals surface area (Å²) in [5, 5.41) is 0. The van der Waals surface area contributed by atoms with E-state index >= 15 is 0 Å². The van der Waals surface area contributed by atoms with Gasteiger partial charge in [-0.2, -0.15) is 0 Å². The molecule has 0 amide bonds. The summed E-state index contributed by atoms with van der Waals surface area (Å²) in [6.45, 7) is 6.62. The molecular formula is C15H26O3. The minimum Gasteiger partial charge on any atom is -0.366 e. The van der Waals surface area contributed by atoms with Crippen LogP contribution >= 0.6 is 0 Å². The highest BCUT2D eigenvalue weighted by Crippen LogP contribution is 2.61. The summed E-state index contributed by atoms with van der Waals surface area (Å²) in [6.07, 6.45) is 8.84. The summed E-state index contributed by atoms with van der Waals surface area (Å²) in [7, 11) is 0. The molecule has 1 aliphatic carbocycles. The molecule has 2 atom stereocenters. The molecule has 0 N–H and O–H groups in total. The third-order valence-corrected chi connectivity index (χ3v) is 4.31. The zero-order chi connectivity index (χ0) is 13.6. The van der Waals surface area contributed by atoms with Crippen LogP contribution in [0, 0.1) is 11.3 Å². The summed E-state index contributed by atoms with van der Waals surface area (Å²) < 4.78 is 5.72. The quantitative estimate of drug-likeness (QED) is 0.444. The first-order valence-electron chi connectivity index (χ1n) is 7.12. The van der Waals surface area contributed by atoms with Gasteiger partial charge in [-0.3, -0.25) is 0 Å². The Morgan fingerprint density at radius 3 is 2.17 bits per heavy atom. The molecule has 104 valence electrons. The maximum atomic E-state index is 11.2. The highest BCUT2D eigenvalue weighted by Gasteiger charge is 2.73. The molecule has 3 nitrogen and oxygen atoms in total. The molecule has 2 unspecified atom stereocenters. The molecule has 18 heavy (non-hydrogen) atoms. The molecule has 1 saturated carbocycles. The predicted molar refractivity (Wildman–Crippen MR) is 71.5 cm³/mol. The lowest BCUT2D eigenvalue weighted by Crippen LogP contribution is -2.24. The summed E-state index contributed by atoms with van der Waals surface area (Å²) >= 11 is 0. The van der Waals surface area contributed by atoms with Crippen LogP contribution in [0.15, 0.2) is 0 Å². The smallest absolute Gasteiger partial charge is 0.153 e. The highest BCUT2D eigenvalue weighted by molar-refractivity contribution is 5.82. The van der Waals surface area contributed by atoms with Gasteiger partial charge in [0.1, 0.15) is 11.9 Å². The van der Waals surface area contributed by atoms with Crippen LogP contribution in [0.5, 0.6) is 0 Å². The van der Waals surface area contributed by atoms with E-state index in [4.69, 9.17) is 4.74 Å². The van der Waals surface area contributed by atoms with E-state index in [2.05, 4.69) is 6.92 Å². The molecule has 3 heteroatoms. The number of carbonyl (C=O) groups excluding carboxylic acids is 2. The molecule has 0 spiro atoms. The number of unbranched alkanes of at least 4 members (excludes halogenated alkanes) is 5. The number of rotatable bonds is 10. The van der Waals surface area contributed by atoms with E-state index in [1.54, 1.807) is 0 Å². The fraction of sp³-hybridized carbons (Fsp3) is 0.867. The molecule has 0 saturated heterocycles. The average Bonchev–Trinajstić information content (AvgIpc) is 2.83. The van der Waals surface area contributed by atoms with Crippen LogP contribution in [0.4, 0.5) is 0 Å². The van der Waals surface area contributed by atoms with Crippen LogP contribution in [0.25, 0.3) is 0 Å². The Kier molecular flexibility index (Phi) is 5.51. The molecule has 0 heterocycles. The van der Waals surface area contributed by atoms with Gasteiger partial charge in [0.2, 0.25) is 0 Å². The van der Waals surface area contributed by atoms with E-state index in [1.807, 2.05) is 13.8 Å². The highest BCUT2D eigenvalue weighted by atomic mass is 16.5. The van der Waals surface area contributed by atoms with Crippen molar-refractivity contribution in [3.63, 3.8) is 0 Å². The van der Waals surface area contributed by atoms with E-state index in [9.17, 15) is 9.59 Å². The van der Waals surface area contributed by atoms with Crippen LogP contribution in [-0.2, 0) is 14.3 Å². The van der Waals surface area contributed by atoms with E-state index in [1.165, 1.54) is 25.7 Å². The molecule has 0 aromatic heterocycles. The summed E-state index contributed by atoms with van der Waals surface area (Å²) in [6, 6.07) is 0. The van der Waals surface area contributed by atoms with Crippen molar-refractivity contribution < 1.29 is 14.3 Å². The van der Waals surface area contributed by atoms with E-state index in [-0.39, 0.29) is 11.3 Å². The van der Waals surface area contributed by atoms with Gasteiger partial charge < -0.3 is 14.3 Å². The standard InChI is InChI=1S/C15H26O3/c1-4-5-6-7-8-9-10-18-15(12-17)13(11-16)14(15,2)3/h11-13H,4-10H2,1-3H3. The van der Waals surface area contributed by atoms with Crippen LogP contribution in [0.2, 0.25) is 0 Å². The van der Waals surface area contributed by atoms with Crippen molar-refractivity contribution in [1.82, 2.24) is 0 Å². The normalized spacial score (nSPS) is 28.9. The minimum absolute atomic E-state index is 0.275. The van der Waals surface area contributed by atoms with Crippen molar-refractivity contribution in [2.75, 3.05) is 6.61 Å². The number of hydrogen-bond donors (Lipinski definition) is 0. The Morgan fingerprint density at radius 1 is 1.06 bits per heavy atom. The van der Waals surface area contributed by atoms with Gasteiger partial charge in [0, 0.05) is 12.0 Å². The van der Waals surface area contributed by atoms with Gasteiger partial charge >= 0.3 is 0 Å². The molecule has 0 aromatic carbocycles. The Balaban J connectivity index is 2.22. The SMILES string of the molecule is CCCCCCCCOC1(C=O)C(C=O)C1(C)C. The van der Waals surface area contributed by atoms with Crippen LogP contribution < -0.4 is 0 Å². The topological polar surface area (TPSA) is 43.4 Å². The number of carbonyl (C=O) groups is 2. The molecule has 0 radical (unpaired) electrons. The van der Waals surface area contributed by atoms with Crippen LogP contribution in [-0.4, -0.2) is 24.8 Å². The Morgan fingerprint density at radius 2 is 1.67 bits per heavy atom. The second kappa shape index (κ2) is 6.46. The van der Waals surface area contributed by atoms with Gasteiger partial charge in [-0.1, -0.05) is 52.9 Å². The summed E-state index contributed by atoms with van der Waals surface area (Å²) in [5.41, 5.74) is -1.18. The first-order chi connectivity index (χ1) is 8.56. The lowest BCUT2D eigenvalue weighted by atomic mass is 10.1.